The van der Waals surface area contributed by atoms with E-state index < -0.39 is 6.04 Å². The van der Waals surface area contributed by atoms with Crippen LogP contribution in [0.15, 0.2) is 24.3 Å². The molecule has 0 bridgehead atoms. The maximum absolute atomic E-state index is 12.1. The number of amides is 2. The molecule has 0 heterocycles. The van der Waals surface area contributed by atoms with Crippen LogP contribution in [0.5, 0.6) is 5.75 Å². The molecule has 0 aliphatic heterocycles. The molecule has 1 aromatic carbocycles. The van der Waals surface area contributed by atoms with E-state index in [0.29, 0.717) is 11.4 Å². The summed E-state index contributed by atoms with van der Waals surface area (Å²) < 4.78 is 5.09. The second-order valence-electron chi connectivity index (χ2n) is 4.64. The molecule has 2 N–H and O–H groups in total. The number of carbonyl (C=O) groups excluding carboxylic acids is 2. The predicted octanol–water partition coefficient (Wildman–Crippen LogP) is 1.79. The highest BCUT2D eigenvalue weighted by molar-refractivity contribution is 5.97. The highest BCUT2D eigenvalue weighted by Crippen LogP contribution is 2.17. The summed E-state index contributed by atoms with van der Waals surface area (Å²) in [7, 11) is 1.56. The lowest BCUT2D eigenvalue weighted by molar-refractivity contribution is -0.126. The summed E-state index contributed by atoms with van der Waals surface area (Å²) in [5, 5.41) is 5.42. The number of methoxy groups -OCH3 is 1. The van der Waals surface area contributed by atoms with Gasteiger partial charge in [-0.2, -0.15) is 0 Å². The second kappa shape index (κ2) is 6.78. The average Bonchev–Trinajstić information content (AvgIpc) is 2.35. The van der Waals surface area contributed by atoms with Crippen LogP contribution in [-0.4, -0.2) is 25.0 Å². The van der Waals surface area contributed by atoms with Crippen molar-refractivity contribution in [3.8, 4) is 5.75 Å². The normalized spacial score (nSPS) is 11.8. The Labute approximate surface area is 113 Å². The lowest BCUT2D eigenvalue weighted by Gasteiger charge is -2.21. The van der Waals surface area contributed by atoms with Crippen molar-refractivity contribution in [1.29, 1.82) is 0 Å². The highest BCUT2D eigenvalue weighted by Gasteiger charge is 2.22. The number of hydrogen-bond acceptors (Lipinski definition) is 3. The number of carbonyl (C=O) groups is 2. The number of ether oxygens (including phenoxy) is 1. The lowest BCUT2D eigenvalue weighted by atomic mass is 10.0. The summed E-state index contributed by atoms with van der Waals surface area (Å²) in [6.45, 7) is 5.16. The van der Waals surface area contributed by atoms with Crippen LogP contribution < -0.4 is 15.4 Å². The van der Waals surface area contributed by atoms with Gasteiger partial charge in [0.2, 0.25) is 11.8 Å². The van der Waals surface area contributed by atoms with Crippen molar-refractivity contribution in [1.82, 2.24) is 5.32 Å². The maximum Gasteiger partial charge on any atom is 0.247 e. The third-order valence-corrected chi connectivity index (χ3v) is 2.65. The van der Waals surface area contributed by atoms with Crippen LogP contribution in [0.25, 0.3) is 0 Å². The Morgan fingerprint density at radius 3 is 2.47 bits per heavy atom. The maximum atomic E-state index is 12.1. The molecule has 5 nitrogen and oxygen atoms in total. The summed E-state index contributed by atoms with van der Waals surface area (Å²) in [4.78, 5) is 23.2. The van der Waals surface area contributed by atoms with Crippen LogP contribution in [0.2, 0.25) is 0 Å². The van der Waals surface area contributed by atoms with E-state index in [-0.39, 0.29) is 17.7 Å². The lowest BCUT2D eigenvalue weighted by Crippen LogP contribution is -2.46. The SMILES string of the molecule is COc1cccc(NC(=O)C(NC(C)=O)C(C)C)c1. The van der Waals surface area contributed by atoms with Crippen LogP contribution >= 0.6 is 0 Å². The van der Waals surface area contributed by atoms with E-state index in [1.165, 1.54) is 6.92 Å². The molecule has 2 amide bonds. The molecule has 5 heteroatoms. The first-order valence-corrected chi connectivity index (χ1v) is 6.16. The Kier molecular flexibility index (Phi) is 5.36. The predicted molar refractivity (Wildman–Crippen MR) is 74.1 cm³/mol. The monoisotopic (exact) mass is 264 g/mol. The van der Waals surface area contributed by atoms with Gasteiger partial charge >= 0.3 is 0 Å². The van der Waals surface area contributed by atoms with Crippen molar-refractivity contribution < 1.29 is 14.3 Å². The van der Waals surface area contributed by atoms with Crippen molar-refractivity contribution in [3.05, 3.63) is 24.3 Å². The van der Waals surface area contributed by atoms with E-state index in [4.69, 9.17) is 4.74 Å². The zero-order valence-electron chi connectivity index (χ0n) is 11.7. The van der Waals surface area contributed by atoms with Crippen LogP contribution in [0.1, 0.15) is 20.8 Å². The van der Waals surface area contributed by atoms with Gasteiger partial charge in [0, 0.05) is 18.7 Å². The molecular formula is C14H20N2O3. The highest BCUT2D eigenvalue weighted by atomic mass is 16.5. The van der Waals surface area contributed by atoms with E-state index in [9.17, 15) is 9.59 Å². The van der Waals surface area contributed by atoms with Gasteiger partial charge in [0.1, 0.15) is 11.8 Å². The molecule has 0 aromatic heterocycles. The largest absolute Gasteiger partial charge is 0.497 e. The van der Waals surface area contributed by atoms with Gasteiger partial charge in [-0.15, -0.1) is 0 Å². The first-order valence-electron chi connectivity index (χ1n) is 6.16. The van der Waals surface area contributed by atoms with Gasteiger partial charge in [0.15, 0.2) is 0 Å². The molecule has 0 saturated heterocycles. The van der Waals surface area contributed by atoms with Gasteiger partial charge in [0.05, 0.1) is 7.11 Å². The minimum atomic E-state index is -0.552. The average molecular weight is 264 g/mol. The summed E-state index contributed by atoms with van der Waals surface area (Å²) in [5.74, 6) is 0.214. The molecule has 19 heavy (non-hydrogen) atoms. The number of anilines is 1. The Morgan fingerprint density at radius 1 is 1.26 bits per heavy atom. The minimum absolute atomic E-state index is 0.00880. The zero-order chi connectivity index (χ0) is 14.4. The Balaban J connectivity index is 2.77. The van der Waals surface area contributed by atoms with Gasteiger partial charge in [-0.3, -0.25) is 9.59 Å². The summed E-state index contributed by atoms with van der Waals surface area (Å²) in [6, 6.07) is 6.53. The van der Waals surface area contributed by atoms with Gasteiger partial charge in [0.25, 0.3) is 0 Å². The van der Waals surface area contributed by atoms with E-state index >= 15 is 0 Å². The number of benzene rings is 1. The van der Waals surface area contributed by atoms with Crippen molar-refractivity contribution in [3.63, 3.8) is 0 Å². The molecule has 0 radical (unpaired) electrons. The summed E-state index contributed by atoms with van der Waals surface area (Å²) >= 11 is 0. The zero-order valence-corrected chi connectivity index (χ0v) is 11.7. The van der Waals surface area contributed by atoms with Gasteiger partial charge in [-0.05, 0) is 18.1 Å². The Hall–Kier alpha value is -2.04. The minimum Gasteiger partial charge on any atom is -0.497 e. The molecule has 1 rings (SSSR count). The molecule has 1 atom stereocenters. The third-order valence-electron chi connectivity index (χ3n) is 2.65. The molecule has 1 aromatic rings. The fraction of sp³-hybridized carbons (Fsp3) is 0.429. The smallest absolute Gasteiger partial charge is 0.247 e. The fourth-order valence-corrected chi connectivity index (χ4v) is 1.67. The van der Waals surface area contributed by atoms with Crippen molar-refractivity contribution in [2.45, 2.75) is 26.8 Å². The summed E-state index contributed by atoms with van der Waals surface area (Å²) in [5.41, 5.74) is 0.639. The molecular weight excluding hydrogens is 244 g/mol. The molecule has 0 aliphatic carbocycles. The first kappa shape index (κ1) is 15.0. The van der Waals surface area contributed by atoms with E-state index in [1.807, 2.05) is 13.8 Å². The third kappa shape index (κ3) is 4.62. The first-order chi connectivity index (χ1) is 8.93. The molecule has 0 aliphatic rings. The van der Waals surface area contributed by atoms with Crippen molar-refractivity contribution in [2.75, 3.05) is 12.4 Å². The van der Waals surface area contributed by atoms with Crippen LogP contribution in [0.3, 0.4) is 0 Å². The Bertz CT molecular complexity index is 458. The Morgan fingerprint density at radius 2 is 1.95 bits per heavy atom. The van der Waals surface area contributed by atoms with Crippen LogP contribution in [-0.2, 0) is 9.59 Å². The van der Waals surface area contributed by atoms with Crippen LogP contribution in [0, 0.1) is 5.92 Å². The quantitative estimate of drug-likeness (QED) is 0.852. The standard InChI is InChI=1S/C14H20N2O3/c1-9(2)13(15-10(3)17)14(18)16-11-6-5-7-12(8-11)19-4/h5-9,13H,1-4H3,(H,15,17)(H,16,18). The molecule has 0 saturated carbocycles. The van der Waals surface area contributed by atoms with Crippen molar-refractivity contribution >= 4 is 17.5 Å². The van der Waals surface area contributed by atoms with E-state index in [2.05, 4.69) is 10.6 Å². The summed E-state index contributed by atoms with van der Waals surface area (Å²) in [6.07, 6.45) is 0. The topological polar surface area (TPSA) is 67.4 Å². The van der Waals surface area contributed by atoms with Gasteiger partial charge in [-0.25, -0.2) is 0 Å². The van der Waals surface area contributed by atoms with E-state index in [1.54, 1.807) is 31.4 Å². The van der Waals surface area contributed by atoms with E-state index in [0.717, 1.165) is 0 Å². The molecule has 104 valence electrons. The second-order valence-corrected chi connectivity index (χ2v) is 4.64. The molecule has 0 spiro atoms. The number of rotatable bonds is 5. The fourth-order valence-electron chi connectivity index (χ4n) is 1.67. The number of hydrogen-bond donors (Lipinski definition) is 2. The molecule has 1 unspecified atom stereocenters. The van der Waals surface area contributed by atoms with Gasteiger partial charge in [-0.1, -0.05) is 19.9 Å². The van der Waals surface area contributed by atoms with Gasteiger partial charge < -0.3 is 15.4 Å². The molecule has 0 fully saturated rings. The van der Waals surface area contributed by atoms with Crippen LogP contribution in [0.4, 0.5) is 5.69 Å². The number of nitrogens with one attached hydrogen (secondary N) is 2. The van der Waals surface area contributed by atoms with Crippen molar-refractivity contribution in [2.24, 2.45) is 5.92 Å².